The van der Waals surface area contributed by atoms with Gasteiger partial charge in [0.1, 0.15) is 0 Å². The molecule has 1 N–H and O–H groups in total. The molecule has 1 aromatic rings. The molecule has 0 aliphatic carbocycles. The zero-order valence-corrected chi connectivity index (χ0v) is 13.1. The standard InChI is InChI=1S/C18H28F2O/c1-2-3-4-5-6-7-8-9-12-16(21)14-15-11-10-13-17(19)18(15)20/h10-11,13,16,21H,2-9,12,14H2,1H3. The van der Waals surface area contributed by atoms with E-state index >= 15 is 0 Å². The molecule has 1 nitrogen and oxygen atoms in total. The number of aliphatic hydroxyl groups is 1. The Labute approximate surface area is 127 Å². The minimum absolute atomic E-state index is 0.195. The van der Waals surface area contributed by atoms with Crippen LogP contribution < -0.4 is 0 Å². The van der Waals surface area contributed by atoms with Gasteiger partial charge in [0.15, 0.2) is 11.6 Å². The first-order valence-electron chi connectivity index (χ1n) is 8.26. The van der Waals surface area contributed by atoms with E-state index in [-0.39, 0.29) is 12.0 Å². The highest BCUT2D eigenvalue weighted by Gasteiger charge is 2.12. The van der Waals surface area contributed by atoms with Gasteiger partial charge in [-0.05, 0) is 18.1 Å². The van der Waals surface area contributed by atoms with Gasteiger partial charge in [0, 0.05) is 6.42 Å². The second kappa shape index (κ2) is 10.7. The highest BCUT2D eigenvalue weighted by molar-refractivity contribution is 5.19. The molecule has 0 amide bonds. The van der Waals surface area contributed by atoms with Crippen molar-refractivity contribution in [2.24, 2.45) is 0 Å². The second-order valence-electron chi connectivity index (χ2n) is 5.83. The van der Waals surface area contributed by atoms with E-state index in [0.717, 1.165) is 18.9 Å². The van der Waals surface area contributed by atoms with Gasteiger partial charge < -0.3 is 5.11 Å². The van der Waals surface area contributed by atoms with Gasteiger partial charge in [0.2, 0.25) is 0 Å². The van der Waals surface area contributed by atoms with E-state index in [4.69, 9.17) is 0 Å². The lowest BCUT2D eigenvalue weighted by atomic mass is 10.0. The van der Waals surface area contributed by atoms with E-state index in [2.05, 4.69) is 6.92 Å². The van der Waals surface area contributed by atoms with Crippen molar-refractivity contribution >= 4 is 0 Å². The normalized spacial score (nSPS) is 12.6. The zero-order chi connectivity index (χ0) is 15.5. The van der Waals surface area contributed by atoms with Crippen molar-refractivity contribution in [3.8, 4) is 0 Å². The van der Waals surface area contributed by atoms with Crippen LogP contribution in [0.3, 0.4) is 0 Å². The summed E-state index contributed by atoms with van der Waals surface area (Å²) in [5.74, 6) is -1.67. The summed E-state index contributed by atoms with van der Waals surface area (Å²) in [6, 6.07) is 4.12. The lowest BCUT2D eigenvalue weighted by Gasteiger charge is -2.11. The monoisotopic (exact) mass is 298 g/mol. The summed E-state index contributed by atoms with van der Waals surface area (Å²) in [5.41, 5.74) is 0.266. The van der Waals surface area contributed by atoms with Gasteiger partial charge in [-0.25, -0.2) is 8.78 Å². The first kappa shape index (κ1) is 18.1. The molecule has 0 aliphatic heterocycles. The van der Waals surface area contributed by atoms with Crippen LogP contribution in [0.4, 0.5) is 8.78 Å². The largest absolute Gasteiger partial charge is 0.393 e. The number of benzene rings is 1. The minimum atomic E-state index is -0.841. The molecule has 0 spiro atoms. The molecule has 0 saturated heterocycles. The van der Waals surface area contributed by atoms with Crippen molar-refractivity contribution in [3.05, 3.63) is 35.4 Å². The van der Waals surface area contributed by atoms with Crippen LogP contribution in [-0.2, 0) is 6.42 Å². The molecule has 0 radical (unpaired) electrons. The van der Waals surface area contributed by atoms with E-state index in [0.29, 0.717) is 6.42 Å². The molecule has 0 bridgehead atoms. The Balaban J connectivity index is 2.11. The molecule has 0 aliphatic rings. The Morgan fingerprint density at radius 3 is 2.24 bits per heavy atom. The third kappa shape index (κ3) is 7.56. The molecule has 0 fully saturated rings. The highest BCUT2D eigenvalue weighted by Crippen LogP contribution is 2.16. The van der Waals surface area contributed by atoms with Gasteiger partial charge in [0.25, 0.3) is 0 Å². The predicted molar refractivity (Wildman–Crippen MR) is 83.3 cm³/mol. The summed E-state index contributed by atoms with van der Waals surface area (Å²) in [7, 11) is 0. The van der Waals surface area contributed by atoms with Crippen molar-refractivity contribution in [2.75, 3.05) is 0 Å². The van der Waals surface area contributed by atoms with Crippen LogP contribution in [0.2, 0.25) is 0 Å². The van der Waals surface area contributed by atoms with Crippen molar-refractivity contribution in [1.29, 1.82) is 0 Å². The number of rotatable bonds is 11. The topological polar surface area (TPSA) is 20.2 Å². The molecule has 3 heteroatoms. The zero-order valence-electron chi connectivity index (χ0n) is 13.1. The van der Waals surface area contributed by atoms with Gasteiger partial charge in [-0.15, -0.1) is 0 Å². The third-order valence-corrected chi connectivity index (χ3v) is 3.88. The van der Waals surface area contributed by atoms with E-state index in [1.165, 1.54) is 50.7 Å². The average molecular weight is 298 g/mol. The SMILES string of the molecule is CCCCCCCCCCC(O)Cc1cccc(F)c1F. The van der Waals surface area contributed by atoms with Gasteiger partial charge in [0.05, 0.1) is 6.10 Å². The van der Waals surface area contributed by atoms with Crippen LogP contribution in [0.15, 0.2) is 18.2 Å². The Morgan fingerprint density at radius 1 is 0.952 bits per heavy atom. The summed E-state index contributed by atoms with van der Waals surface area (Å²) in [5, 5.41) is 9.90. The first-order chi connectivity index (χ1) is 10.1. The van der Waals surface area contributed by atoms with Crippen LogP contribution in [0, 0.1) is 11.6 Å². The summed E-state index contributed by atoms with van der Waals surface area (Å²) >= 11 is 0. The van der Waals surface area contributed by atoms with Crippen LogP contribution in [0.25, 0.3) is 0 Å². The van der Waals surface area contributed by atoms with E-state index in [1.54, 1.807) is 0 Å². The highest BCUT2D eigenvalue weighted by atomic mass is 19.2. The Bertz CT molecular complexity index is 393. The summed E-state index contributed by atoms with van der Waals surface area (Å²) in [4.78, 5) is 0. The molecule has 1 unspecified atom stereocenters. The number of aliphatic hydroxyl groups excluding tert-OH is 1. The molecular weight excluding hydrogens is 270 g/mol. The quantitative estimate of drug-likeness (QED) is 0.542. The lowest BCUT2D eigenvalue weighted by Crippen LogP contribution is -2.12. The van der Waals surface area contributed by atoms with Crippen LogP contribution in [0.5, 0.6) is 0 Å². The van der Waals surface area contributed by atoms with Crippen LogP contribution >= 0.6 is 0 Å². The maximum Gasteiger partial charge on any atom is 0.162 e. The van der Waals surface area contributed by atoms with Gasteiger partial charge in [-0.2, -0.15) is 0 Å². The number of unbranched alkanes of at least 4 members (excludes halogenated alkanes) is 7. The van der Waals surface area contributed by atoms with Crippen molar-refractivity contribution < 1.29 is 13.9 Å². The number of halogens is 2. The molecule has 0 aromatic heterocycles. The number of hydrogen-bond donors (Lipinski definition) is 1. The third-order valence-electron chi connectivity index (χ3n) is 3.88. The molecular formula is C18H28F2O. The fraction of sp³-hybridized carbons (Fsp3) is 0.667. The minimum Gasteiger partial charge on any atom is -0.393 e. The fourth-order valence-electron chi connectivity index (χ4n) is 2.58. The molecule has 21 heavy (non-hydrogen) atoms. The second-order valence-corrected chi connectivity index (χ2v) is 5.83. The van der Waals surface area contributed by atoms with E-state index in [9.17, 15) is 13.9 Å². The summed E-state index contributed by atoms with van der Waals surface area (Å²) in [6.45, 7) is 2.21. The van der Waals surface area contributed by atoms with E-state index in [1.807, 2.05) is 0 Å². The van der Waals surface area contributed by atoms with Crippen molar-refractivity contribution in [2.45, 2.75) is 77.2 Å². The molecule has 120 valence electrons. The van der Waals surface area contributed by atoms with Gasteiger partial charge in [-0.1, -0.05) is 70.4 Å². The lowest BCUT2D eigenvalue weighted by molar-refractivity contribution is 0.159. The molecule has 1 rings (SSSR count). The van der Waals surface area contributed by atoms with Crippen LogP contribution in [0.1, 0.15) is 70.3 Å². The van der Waals surface area contributed by atoms with Crippen molar-refractivity contribution in [1.82, 2.24) is 0 Å². The maximum absolute atomic E-state index is 13.5. The van der Waals surface area contributed by atoms with Crippen molar-refractivity contribution in [3.63, 3.8) is 0 Å². The molecule has 1 atom stereocenters. The first-order valence-corrected chi connectivity index (χ1v) is 8.26. The maximum atomic E-state index is 13.5. The smallest absolute Gasteiger partial charge is 0.162 e. The molecule has 0 heterocycles. The Kier molecular flexibility index (Phi) is 9.24. The van der Waals surface area contributed by atoms with E-state index < -0.39 is 17.7 Å². The van der Waals surface area contributed by atoms with Crippen LogP contribution in [-0.4, -0.2) is 11.2 Å². The summed E-state index contributed by atoms with van der Waals surface area (Å²) < 4.78 is 26.5. The van der Waals surface area contributed by atoms with Gasteiger partial charge in [-0.3, -0.25) is 0 Å². The average Bonchev–Trinajstić information content (AvgIpc) is 2.47. The molecule has 0 saturated carbocycles. The Morgan fingerprint density at radius 2 is 1.57 bits per heavy atom. The Hall–Kier alpha value is -0.960. The van der Waals surface area contributed by atoms with Gasteiger partial charge >= 0.3 is 0 Å². The summed E-state index contributed by atoms with van der Waals surface area (Å²) in [6.07, 6.45) is 9.98. The molecule has 1 aromatic carbocycles. The fourth-order valence-corrected chi connectivity index (χ4v) is 2.58. The predicted octanol–water partition coefficient (Wildman–Crippen LogP) is 5.40. The number of hydrogen-bond acceptors (Lipinski definition) is 1.